The van der Waals surface area contributed by atoms with Gasteiger partial charge in [-0.15, -0.1) is 0 Å². The second-order valence-corrected chi connectivity index (χ2v) is 4.37. The number of ether oxygens (including phenoxy) is 1. The molecule has 0 atom stereocenters. The Kier molecular flexibility index (Phi) is 4.55. The Bertz CT molecular complexity index is 582. The molecule has 0 saturated carbocycles. The van der Waals surface area contributed by atoms with Crippen molar-refractivity contribution < 1.29 is 9.53 Å². The lowest BCUT2D eigenvalue weighted by atomic mass is 10.1. The molecular formula is C15H17N3O2. The number of nitrogens with one attached hydrogen (secondary N) is 1. The van der Waals surface area contributed by atoms with E-state index >= 15 is 0 Å². The molecule has 3 N–H and O–H groups in total. The van der Waals surface area contributed by atoms with Crippen LogP contribution in [0.3, 0.4) is 0 Å². The van der Waals surface area contributed by atoms with E-state index in [9.17, 15) is 4.79 Å². The number of carbonyl (C=O) groups excluding carboxylic acids is 1. The number of hydrogen-bond acceptors (Lipinski definition) is 4. The van der Waals surface area contributed by atoms with Gasteiger partial charge in [-0.25, -0.2) is 4.98 Å². The lowest BCUT2D eigenvalue weighted by Gasteiger charge is -2.08. The van der Waals surface area contributed by atoms with E-state index in [4.69, 9.17) is 10.5 Å². The minimum atomic E-state index is -0.0549. The van der Waals surface area contributed by atoms with Crippen LogP contribution in [0.2, 0.25) is 0 Å². The molecule has 0 saturated heterocycles. The van der Waals surface area contributed by atoms with Gasteiger partial charge in [-0.3, -0.25) is 4.79 Å². The van der Waals surface area contributed by atoms with E-state index in [0.29, 0.717) is 24.5 Å². The Morgan fingerprint density at radius 2 is 2.05 bits per heavy atom. The number of nitrogens with zero attached hydrogens (tertiary/aromatic N) is 1. The number of rotatable bonds is 5. The van der Waals surface area contributed by atoms with Crippen molar-refractivity contribution >= 4 is 11.6 Å². The lowest BCUT2D eigenvalue weighted by Crippen LogP contribution is -2.24. The molecule has 0 unspecified atom stereocenters. The van der Waals surface area contributed by atoms with E-state index in [0.717, 1.165) is 11.1 Å². The molecule has 1 amide bonds. The Morgan fingerprint density at radius 3 is 2.75 bits per heavy atom. The minimum absolute atomic E-state index is 0.0549. The monoisotopic (exact) mass is 271 g/mol. The molecule has 104 valence electrons. The van der Waals surface area contributed by atoms with Crippen LogP contribution in [0, 0.1) is 0 Å². The van der Waals surface area contributed by atoms with Gasteiger partial charge in [-0.1, -0.05) is 18.2 Å². The highest BCUT2D eigenvalue weighted by Gasteiger charge is 2.06. The van der Waals surface area contributed by atoms with Gasteiger partial charge in [0.25, 0.3) is 0 Å². The molecule has 5 heteroatoms. The van der Waals surface area contributed by atoms with Crippen molar-refractivity contribution in [1.82, 2.24) is 10.3 Å². The summed E-state index contributed by atoms with van der Waals surface area (Å²) in [4.78, 5) is 15.9. The first-order valence-corrected chi connectivity index (χ1v) is 6.28. The van der Waals surface area contributed by atoms with Gasteiger partial charge >= 0.3 is 0 Å². The van der Waals surface area contributed by atoms with Gasteiger partial charge in [0, 0.05) is 24.0 Å². The van der Waals surface area contributed by atoms with Gasteiger partial charge in [-0.05, 0) is 23.8 Å². The number of anilines is 1. The number of benzene rings is 1. The Balaban J connectivity index is 1.90. The van der Waals surface area contributed by atoms with E-state index < -0.39 is 0 Å². The SMILES string of the molecule is COc1ncccc1CNC(=O)Cc1ccc(N)cc1. The molecular weight excluding hydrogens is 254 g/mol. The molecule has 1 aromatic heterocycles. The molecule has 0 spiro atoms. The summed E-state index contributed by atoms with van der Waals surface area (Å²) in [6.45, 7) is 0.394. The zero-order chi connectivity index (χ0) is 14.4. The molecule has 0 bridgehead atoms. The predicted molar refractivity (Wildman–Crippen MR) is 77.2 cm³/mol. The summed E-state index contributed by atoms with van der Waals surface area (Å²) in [7, 11) is 1.56. The fraction of sp³-hybridized carbons (Fsp3) is 0.200. The minimum Gasteiger partial charge on any atom is -0.481 e. The first-order valence-electron chi connectivity index (χ1n) is 6.28. The summed E-state index contributed by atoms with van der Waals surface area (Å²) in [5, 5.41) is 2.85. The lowest BCUT2D eigenvalue weighted by molar-refractivity contribution is -0.120. The maximum atomic E-state index is 11.9. The molecule has 20 heavy (non-hydrogen) atoms. The van der Waals surface area contributed by atoms with Gasteiger partial charge in [0.2, 0.25) is 11.8 Å². The molecule has 1 heterocycles. The largest absolute Gasteiger partial charge is 0.481 e. The van der Waals surface area contributed by atoms with Crippen LogP contribution >= 0.6 is 0 Å². The molecule has 0 fully saturated rings. The number of nitrogens with two attached hydrogens (primary N) is 1. The van der Waals surface area contributed by atoms with E-state index in [-0.39, 0.29) is 5.91 Å². The highest BCUT2D eigenvalue weighted by molar-refractivity contribution is 5.78. The van der Waals surface area contributed by atoms with Crippen LogP contribution in [0.25, 0.3) is 0 Å². The van der Waals surface area contributed by atoms with E-state index in [1.54, 1.807) is 25.4 Å². The van der Waals surface area contributed by atoms with Crippen LogP contribution in [-0.4, -0.2) is 18.0 Å². The van der Waals surface area contributed by atoms with Crippen molar-refractivity contribution in [2.24, 2.45) is 0 Å². The number of pyridine rings is 1. The average Bonchev–Trinajstić information content (AvgIpc) is 2.48. The number of amides is 1. The van der Waals surface area contributed by atoms with Crippen LogP contribution in [0.15, 0.2) is 42.6 Å². The van der Waals surface area contributed by atoms with Crippen molar-refractivity contribution in [3.05, 3.63) is 53.7 Å². The third-order valence-electron chi connectivity index (χ3n) is 2.86. The third kappa shape index (κ3) is 3.71. The standard InChI is InChI=1S/C15H17N3O2/c1-20-15-12(3-2-8-17-15)10-18-14(19)9-11-4-6-13(16)7-5-11/h2-8H,9-10,16H2,1H3,(H,18,19). The number of hydrogen-bond donors (Lipinski definition) is 2. The summed E-state index contributed by atoms with van der Waals surface area (Å²) < 4.78 is 5.13. The Labute approximate surface area is 117 Å². The first kappa shape index (κ1) is 13.9. The number of nitrogen functional groups attached to an aromatic ring is 1. The Hall–Kier alpha value is -2.56. The fourth-order valence-corrected chi connectivity index (χ4v) is 1.82. The highest BCUT2D eigenvalue weighted by atomic mass is 16.5. The van der Waals surface area contributed by atoms with Crippen LogP contribution in [0.4, 0.5) is 5.69 Å². The van der Waals surface area contributed by atoms with Gasteiger partial charge in [0.1, 0.15) is 0 Å². The van der Waals surface area contributed by atoms with Crippen molar-refractivity contribution in [2.45, 2.75) is 13.0 Å². The average molecular weight is 271 g/mol. The smallest absolute Gasteiger partial charge is 0.224 e. The fourth-order valence-electron chi connectivity index (χ4n) is 1.82. The van der Waals surface area contributed by atoms with E-state index in [2.05, 4.69) is 10.3 Å². The molecule has 0 aliphatic heterocycles. The molecule has 1 aromatic carbocycles. The van der Waals surface area contributed by atoms with E-state index in [1.165, 1.54) is 0 Å². The molecule has 2 aromatic rings. The molecule has 0 radical (unpaired) electrons. The molecule has 0 aliphatic rings. The van der Waals surface area contributed by atoms with Crippen molar-refractivity contribution in [3.8, 4) is 5.88 Å². The van der Waals surface area contributed by atoms with Crippen molar-refractivity contribution in [2.75, 3.05) is 12.8 Å². The maximum Gasteiger partial charge on any atom is 0.224 e. The maximum absolute atomic E-state index is 11.9. The van der Waals surface area contributed by atoms with Crippen LogP contribution in [0.5, 0.6) is 5.88 Å². The van der Waals surface area contributed by atoms with Crippen molar-refractivity contribution in [1.29, 1.82) is 0 Å². The Morgan fingerprint density at radius 1 is 1.30 bits per heavy atom. The summed E-state index contributed by atoms with van der Waals surface area (Å²) in [5.41, 5.74) is 8.07. The number of methoxy groups -OCH3 is 1. The second kappa shape index (κ2) is 6.56. The number of carbonyl (C=O) groups is 1. The molecule has 0 aliphatic carbocycles. The van der Waals surface area contributed by atoms with Gasteiger partial charge in [0.15, 0.2) is 0 Å². The summed E-state index contributed by atoms with van der Waals surface area (Å²) >= 11 is 0. The number of aromatic nitrogens is 1. The quantitative estimate of drug-likeness (QED) is 0.808. The van der Waals surface area contributed by atoms with Crippen LogP contribution in [0.1, 0.15) is 11.1 Å². The molecule has 5 nitrogen and oxygen atoms in total. The summed E-state index contributed by atoms with van der Waals surface area (Å²) in [5.74, 6) is 0.473. The summed E-state index contributed by atoms with van der Waals surface area (Å²) in [6.07, 6.45) is 1.97. The van der Waals surface area contributed by atoms with Crippen LogP contribution in [-0.2, 0) is 17.8 Å². The van der Waals surface area contributed by atoms with Crippen LogP contribution < -0.4 is 15.8 Å². The van der Waals surface area contributed by atoms with Gasteiger partial charge in [-0.2, -0.15) is 0 Å². The first-order chi connectivity index (χ1) is 9.69. The topological polar surface area (TPSA) is 77.2 Å². The molecule has 2 rings (SSSR count). The third-order valence-corrected chi connectivity index (χ3v) is 2.86. The van der Waals surface area contributed by atoms with Gasteiger partial charge < -0.3 is 15.8 Å². The highest BCUT2D eigenvalue weighted by Crippen LogP contribution is 2.13. The summed E-state index contributed by atoms with van der Waals surface area (Å²) in [6, 6.07) is 10.9. The predicted octanol–water partition coefficient (Wildman–Crippen LogP) is 1.53. The zero-order valence-electron chi connectivity index (χ0n) is 11.3. The van der Waals surface area contributed by atoms with Gasteiger partial charge in [0.05, 0.1) is 13.5 Å². The van der Waals surface area contributed by atoms with E-state index in [1.807, 2.05) is 24.3 Å². The van der Waals surface area contributed by atoms with Crippen molar-refractivity contribution in [3.63, 3.8) is 0 Å². The second-order valence-electron chi connectivity index (χ2n) is 4.37. The zero-order valence-corrected chi connectivity index (χ0v) is 11.3. The normalized spacial score (nSPS) is 10.1.